The third-order valence-electron chi connectivity index (χ3n) is 2.68. The summed E-state index contributed by atoms with van der Waals surface area (Å²) in [5, 5.41) is 0. The summed E-state index contributed by atoms with van der Waals surface area (Å²) in [4.78, 5) is 11.0. The SMILES string of the molecule is COC(=O)C=C1CC(C)(C)CC1C. The Balaban J connectivity index is 2.73. The number of hydrogen-bond acceptors (Lipinski definition) is 2. The quantitative estimate of drug-likeness (QED) is 0.460. The molecule has 0 heterocycles. The van der Waals surface area contributed by atoms with Gasteiger partial charge in [-0.1, -0.05) is 26.3 Å². The van der Waals surface area contributed by atoms with Crippen molar-refractivity contribution < 1.29 is 9.53 Å². The van der Waals surface area contributed by atoms with Gasteiger partial charge in [-0.05, 0) is 24.2 Å². The molecule has 1 aliphatic rings. The van der Waals surface area contributed by atoms with E-state index < -0.39 is 0 Å². The fourth-order valence-electron chi connectivity index (χ4n) is 2.16. The van der Waals surface area contributed by atoms with Crippen LogP contribution in [0, 0.1) is 11.3 Å². The molecule has 1 atom stereocenters. The van der Waals surface area contributed by atoms with Crippen molar-refractivity contribution >= 4 is 5.97 Å². The van der Waals surface area contributed by atoms with E-state index in [2.05, 4.69) is 25.5 Å². The zero-order valence-corrected chi connectivity index (χ0v) is 8.89. The highest BCUT2D eigenvalue weighted by Gasteiger charge is 2.32. The van der Waals surface area contributed by atoms with Crippen LogP contribution in [0.4, 0.5) is 0 Å². The van der Waals surface area contributed by atoms with Gasteiger partial charge in [0.2, 0.25) is 0 Å². The third-order valence-corrected chi connectivity index (χ3v) is 2.68. The summed E-state index contributed by atoms with van der Waals surface area (Å²) in [6.07, 6.45) is 3.83. The van der Waals surface area contributed by atoms with Gasteiger partial charge in [-0.15, -0.1) is 0 Å². The number of rotatable bonds is 1. The van der Waals surface area contributed by atoms with E-state index in [4.69, 9.17) is 0 Å². The van der Waals surface area contributed by atoms with Gasteiger partial charge in [0.1, 0.15) is 0 Å². The molecule has 0 aromatic carbocycles. The normalized spacial score (nSPS) is 29.2. The van der Waals surface area contributed by atoms with Gasteiger partial charge < -0.3 is 4.74 Å². The minimum atomic E-state index is -0.223. The van der Waals surface area contributed by atoms with E-state index in [1.165, 1.54) is 12.7 Å². The zero-order valence-electron chi connectivity index (χ0n) is 8.89. The van der Waals surface area contributed by atoms with Crippen LogP contribution < -0.4 is 0 Å². The Labute approximate surface area is 80.0 Å². The number of esters is 1. The van der Waals surface area contributed by atoms with Crippen molar-refractivity contribution in [1.82, 2.24) is 0 Å². The minimum absolute atomic E-state index is 0.223. The summed E-state index contributed by atoms with van der Waals surface area (Å²) < 4.78 is 4.61. The summed E-state index contributed by atoms with van der Waals surface area (Å²) in [6, 6.07) is 0. The van der Waals surface area contributed by atoms with Crippen molar-refractivity contribution in [2.75, 3.05) is 7.11 Å². The number of carbonyl (C=O) groups is 1. The Hall–Kier alpha value is -0.790. The Morgan fingerprint density at radius 1 is 1.62 bits per heavy atom. The molecule has 0 aromatic rings. The topological polar surface area (TPSA) is 26.3 Å². The van der Waals surface area contributed by atoms with Gasteiger partial charge >= 0.3 is 5.97 Å². The van der Waals surface area contributed by atoms with Gasteiger partial charge in [0.15, 0.2) is 0 Å². The fourth-order valence-corrected chi connectivity index (χ4v) is 2.16. The van der Waals surface area contributed by atoms with Crippen LogP contribution in [0.1, 0.15) is 33.6 Å². The van der Waals surface area contributed by atoms with Crippen LogP contribution in [-0.4, -0.2) is 13.1 Å². The minimum Gasteiger partial charge on any atom is -0.466 e. The van der Waals surface area contributed by atoms with Crippen molar-refractivity contribution in [3.05, 3.63) is 11.6 Å². The first-order valence-electron chi connectivity index (χ1n) is 4.73. The lowest BCUT2D eigenvalue weighted by molar-refractivity contribution is -0.134. The van der Waals surface area contributed by atoms with Crippen molar-refractivity contribution in [1.29, 1.82) is 0 Å². The maximum Gasteiger partial charge on any atom is 0.330 e. The molecule has 0 radical (unpaired) electrons. The third kappa shape index (κ3) is 2.58. The fraction of sp³-hybridized carbons (Fsp3) is 0.727. The molecule has 13 heavy (non-hydrogen) atoms. The number of ether oxygens (including phenoxy) is 1. The van der Waals surface area contributed by atoms with E-state index in [1.807, 2.05) is 0 Å². The summed E-state index contributed by atoms with van der Waals surface area (Å²) in [5.41, 5.74) is 1.58. The number of allylic oxidation sites excluding steroid dienone is 1. The van der Waals surface area contributed by atoms with Crippen LogP contribution in [-0.2, 0) is 9.53 Å². The smallest absolute Gasteiger partial charge is 0.330 e. The van der Waals surface area contributed by atoms with Gasteiger partial charge in [0.05, 0.1) is 7.11 Å². The molecule has 74 valence electrons. The van der Waals surface area contributed by atoms with Crippen molar-refractivity contribution in [3.8, 4) is 0 Å². The highest BCUT2D eigenvalue weighted by molar-refractivity contribution is 5.82. The second-order valence-corrected chi connectivity index (χ2v) is 4.69. The van der Waals surface area contributed by atoms with E-state index in [0.717, 1.165) is 12.8 Å². The summed E-state index contributed by atoms with van der Waals surface area (Å²) in [6.45, 7) is 6.65. The first-order valence-corrected chi connectivity index (χ1v) is 4.73. The first kappa shape index (κ1) is 10.3. The van der Waals surface area contributed by atoms with Crippen LogP contribution >= 0.6 is 0 Å². The molecule has 0 aliphatic heterocycles. The first-order chi connectivity index (χ1) is 5.94. The van der Waals surface area contributed by atoms with E-state index in [9.17, 15) is 4.79 Å². The molecule has 0 spiro atoms. The molecular weight excluding hydrogens is 164 g/mol. The Bertz CT molecular complexity index is 238. The van der Waals surface area contributed by atoms with Gasteiger partial charge in [-0.25, -0.2) is 4.79 Å². The molecule has 2 heteroatoms. The molecule has 0 bridgehead atoms. The maximum absolute atomic E-state index is 11.0. The number of carbonyl (C=O) groups excluding carboxylic acids is 1. The lowest BCUT2D eigenvalue weighted by Gasteiger charge is -2.14. The van der Waals surface area contributed by atoms with E-state index in [0.29, 0.717) is 11.3 Å². The van der Waals surface area contributed by atoms with E-state index in [1.54, 1.807) is 6.08 Å². The number of methoxy groups -OCH3 is 1. The molecule has 1 aliphatic carbocycles. The summed E-state index contributed by atoms with van der Waals surface area (Å²) >= 11 is 0. The Morgan fingerprint density at radius 2 is 2.23 bits per heavy atom. The molecule has 0 amide bonds. The second-order valence-electron chi connectivity index (χ2n) is 4.69. The molecule has 0 N–H and O–H groups in total. The molecule has 0 aromatic heterocycles. The van der Waals surface area contributed by atoms with Crippen LogP contribution in [0.25, 0.3) is 0 Å². The van der Waals surface area contributed by atoms with Crippen LogP contribution in [0.2, 0.25) is 0 Å². The Morgan fingerprint density at radius 3 is 2.62 bits per heavy atom. The molecule has 1 unspecified atom stereocenters. The van der Waals surface area contributed by atoms with Crippen LogP contribution in [0.15, 0.2) is 11.6 Å². The van der Waals surface area contributed by atoms with Crippen molar-refractivity contribution in [2.45, 2.75) is 33.6 Å². The van der Waals surface area contributed by atoms with Gasteiger partial charge in [0.25, 0.3) is 0 Å². The highest BCUT2D eigenvalue weighted by atomic mass is 16.5. The molecule has 1 rings (SSSR count). The van der Waals surface area contributed by atoms with E-state index >= 15 is 0 Å². The highest BCUT2D eigenvalue weighted by Crippen LogP contribution is 2.44. The predicted octanol–water partition coefficient (Wildman–Crippen LogP) is 2.54. The molecule has 1 fully saturated rings. The molecular formula is C11H18O2. The van der Waals surface area contributed by atoms with Crippen LogP contribution in [0.5, 0.6) is 0 Å². The van der Waals surface area contributed by atoms with Gasteiger partial charge in [-0.3, -0.25) is 0 Å². The summed E-state index contributed by atoms with van der Waals surface area (Å²) in [5.74, 6) is 0.300. The largest absolute Gasteiger partial charge is 0.466 e. The molecule has 1 saturated carbocycles. The molecule has 2 nitrogen and oxygen atoms in total. The lowest BCUT2D eigenvalue weighted by atomic mass is 9.91. The lowest BCUT2D eigenvalue weighted by Crippen LogP contribution is -2.03. The monoisotopic (exact) mass is 182 g/mol. The average Bonchev–Trinajstić information content (AvgIpc) is 2.24. The zero-order chi connectivity index (χ0) is 10.1. The Kier molecular flexibility index (Phi) is 2.79. The molecule has 0 saturated heterocycles. The predicted molar refractivity (Wildman–Crippen MR) is 52.3 cm³/mol. The van der Waals surface area contributed by atoms with E-state index in [-0.39, 0.29) is 5.97 Å². The second kappa shape index (κ2) is 3.52. The van der Waals surface area contributed by atoms with Crippen LogP contribution in [0.3, 0.4) is 0 Å². The standard InChI is InChI=1S/C11H18O2/c1-8-6-11(2,3)7-9(8)5-10(12)13-4/h5,8H,6-7H2,1-4H3. The average molecular weight is 182 g/mol. The number of hydrogen-bond donors (Lipinski definition) is 0. The van der Waals surface area contributed by atoms with Crippen molar-refractivity contribution in [2.24, 2.45) is 11.3 Å². The van der Waals surface area contributed by atoms with Gasteiger partial charge in [0, 0.05) is 6.08 Å². The van der Waals surface area contributed by atoms with Gasteiger partial charge in [-0.2, -0.15) is 0 Å². The van der Waals surface area contributed by atoms with Crippen molar-refractivity contribution in [3.63, 3.8) is 0 Å². The summed E-state index contributed by atoms with van der Waals surface area (Å²) in [7, 11) is 1.42. The maximum atomic E-state index is 11.0.